The van der Waals surface area contributed by atoms with Crippen LogP contribution in [0.3, 0.4) is 0 Å². The quantitative estimate of drug-likeness (QED) is 0.729. The topological polar surface area (TPSA) is 64.1 Å². The highest BCUT2D eigenvalue weighted by Crippen LogP contribution is 2.17. The van der Waals surface area contributed by atoms with Crippen molar-refractivity contribution in [3.8, 4) is 5.75 Å². The molecule has 0 saturated carbocycles. The van der Waals surface area contributed by atoms with Gasteiger partial charge in [0.1, 0.15) is 23.1 Å². The maximum Gasteiger partial charge on any atom is 0.271 e. The largest absolute Gasteiger partial charge is 0.486 e. The van der Waals surface area contributed by atoms with Crippen LogP contribution in [-0.4, -0.2) is 15.9 Å². The summed E-state index contributed by atoms with van der Waals surface area (Å²) in [6.07, 6.45) is 1.71. The SMILES string of the molecule is Cc1ccc(OCc2nc(C(=O)NC(C)c3ccccn3)cs2)cc1. The first-order valence-corrected chi connectivity index (χ1v) is 8.85. The number of aryl methyl sites for hydroxylation is 1. The first-order valence-electron chi connectivity index (χ1n) is 7.97. The van der Waals surface area contributed by atoms with Gasteiger partial charge < -0.3 is 10.1 Å². The summed E-state index contributed by atoms with van der Waals surface area (Å²) in [6.45, 7) is 4.27. The summed E-state index contributed by atoms with van der Waals surface area (Å²) in [5.41, 5.74) is 2.40. The van der Waals surface area contributed by atoms with Gasteiger partial charge in [0.25, 0.3) is 5.91 Å². The van der Waals surface area contributed by atoms with Gasteiger partial charge >= 0.3 is 0 Å². The smallest absolute Gasteiger partial charge is 0.271 e. The van der Waals surface area contributed by atoms with Crippen molar-refractivity contribution in [1.82, 2.24) is 15.3 Å². The summed E-state index contributed by atoms with van der Waals surface area (Å²) in [6, 6.07) is 13.3. The Kier molecular flexibility index (Phi) is 5.40. The Morgan fingerprint density at radius 1 is 1.24 bits per heavy atom. The van der Waals surface area contributed by atoms with E-state index in [-0.39, 0.29) is 11.9 Å². The molecule has 0 aliphatic carbocycles. The highest BCUT2D eigenvalue weighted by Gasteiger charge is 2.15. The zero-order valence-corrected chi connectivity index (χ0v) is 14.9. The fourth-order valence-corrected chi connectivity index (χ4v) is 2.92. The van der Waals surface area contributed by atoms with Crippen molar-refractivity contribution in [2.24, 2.45) is 0 Å². The van der Waals surface area contributed by atoms with Crippen LogP contribution < -0.4 is 10.1 Å². The second-order valence-electron chi connectivity index (χ2n) is 5.68. The van der Waals surface area contributed by atoms with E-state index in [1.165, 1.54) is 16.9 Å². The zero-order chi connectivity index (χ0) is 17.6. The summed E-state index contributed by atoms with van der Waals surface area (Å²) in [5, 5.41) is 5.41. The molecule has 1 aromatic carbocycles. The number of carbonyl (C=O) groups excluding carboxylic acids is 1. The van der Waals surface area contributed by atoms with E-state index in [1.807, 2.05) is 56.3 Å². The molecule has 1 N–H and O–H groups in total. The van der Waals surface area contributed by atoms with E-state index >= 15 is 0 Å². The Hall–Kier alpha value is -2.73. The minimum Gasteiger partial charge on any atom is -0.486 e. The number of carbonyl (C=O) groups is 1. The van der Waals surface area contributed by atoms with Gasteiger partial charge in [-0.2, -0.15) is 0 Å². The predicted octanol–water partition coefficient (Wildman–Crippen LogP) is 3.92. The van der Waals surface area contributed by atoms with E-state index < -0.39 is 0 Å². The number of thiazole rings is 1. The van der Waals surface area contributed by atoms with Crippen LogP contribution >= 0.6 is 11.3 Å². The third kappa shape index (κ3) is 4.64. The lowest BCUT2D eigenvalue weighted by molar-refractivity contribution is 0.0934. The molecule has 128 valence electrons. The number of nitrogens with zero attached hydrogens (tertiary/aromatic N) is 2. The molecule has 0 fully saturated rings. The molecule has 1 atom stereocenters. The second kappa shape index (κ2) is 7.90. The number of rotatable bonds is 6. The summed E-state index contributed by atoms with van der Waals surface area (Å²) in [7, 11) is 0. The average Bonchev–Trinajstić information content (AvgIpc) is 3.11. The maximum atomic E-state index is 12.3. The van der Waals surface area contributed by atoms with Gasteiger partial charge in [0.15, 0.2) is 0 Å². The Morgan fingerprint density at radius 2 is 2.04 bits per heavy atom. The fraction of sp³-hybridized carbons (Fsp3) is 0.211. The molecule has 0 radical (unpaired) electrons. The highest BCUT2D eigenvalue weighted by molar-refractivity contribution is 7.09. The molecule has 5 nitrogen and oxygen atoms in total. The van der Waals surface area contributed by atoms with Crippen LogP contribution in [0.2, 0.25) is 0 Å². The molecule has 0 aliphatic heterocycles. The molecule has 6 heteroatoms. The summed E-state index contributed by atoms with van der Waals surface area (Å²) < 4.78 is 5.70. The van der Waals surface area contributed by atoms with E-state index in [0.29, 0.717) is 12.3 Å². The van der Waals surface area contributed by atoms with E-state index in [9.17, 15) is 4.79 Å². The normalized spacial score (nSPS) is 11.8. The molecular weight excluding hydrogens is 334 g/mol. The van der Waals surface area contributed by atoms with Crippen LogP contribution in [-0.2, 0) is 6.61 Å². The number of hydrogen-bond acceptors (Lipinski definition) is 5. The van der Waals surface area contributed by atoms with Gasteiger partial charge in [-0.15, -0.1) is 11.3 Å². The number of amides is 1. The van der Waals surface area contributed by atoms with Gasteiger partial charge in [0, 0.05) is 11.6 Å². The highest BCUT2D eigenvalue weighted by atomic mass is 32.1. The molecular formula is C19H19N3O2S. The molecule has 3 aromatic rings. The molecule has 2 heterocycles. The summed E-state index contributed by atoms with van der Waals surface area (Å²) >= 11 is 1.41. The number of aromatic nitrogens is 2. The Bertz CT molecular complexity index is 831. The van der Waals surface area contributed by atoms with Crippen LogP contribution in [0.1, 0.15) is 39.7 Å². The second-order valence-corrected chi connectivity index (χ2v) is 6.62. The van der Waals surface area contributed by atoms with Gasteiger partial charge in [-0.05, 0) is 38.1 Å². The molecule has 0 spiro atoms. The molecule has 1 amide bonds. The van der Waals surface area contributed by atoms with Crippen molar-refractivity contribution in [2.45, 2.75) is 26.5 Å². The summed E-state index contributed by atoms with van der Waals surface area (Å²) in [5.74, 6) is 0.576. The lowest BCUT2D eigenvalue weighted by Gasteiger charge is -2.11. The van der Waals surface area contributed by atoms with Gasteiger partial charge in [0.05, 0.1) is 11.7 Å². The third-order valence-electron chi connectivity index (χ3n) is 3.65. The predicted molar refractivity (Wildman–Crippen MR) is 97.7 cm³/mol. The molecule has 3 rings (SSSR count). The van der Waals surface area contributed by atoms with E-state index in [1.54, 1.807) is 11.6 Å². The number of ether oxygens (including phenoxy) is 1. The van der Waals surface area contributed by atoms with Crippen LogP contribution in [0, 0.1) is 6.92 Å². The van der Waals surface area contributed by atoms with Gasteiger partial charge in [-0.25, -0.2) is 4.98 Å². The monoisotopic (exact) mass is 353 g/mol. The van der Waals surface area contributed by atoms with Crippen LogP contribution in [0.5, 0.6) is 5.75 Å². The van der Waals surface area contributed by atoms with Gasteiger partial charge in [-0.3, -0.25) is 9.78 Å². The first kappa shape index (κ1) is 17.1. The zero-order valence-electron chi connectivity index (χ0n) is 14.1. The van der Waals surface area contributed by atoms with Crippen LogP contribution in [0.4, 0.5) is 0 Å². The van der Waals surface area contributed by atoms with Crippen molar-refractivity contribution in [2.75, 3.05) is 0 Å². The van der Waals surface area contributed by atoms with Crippen LogP contribution in [0.25, 0.3) is 0 Å². The number of nitrogens with one attached hydrogen (secondary N) is 1. The van der Waals surface area contributed by atoms with Gasteiger partial charge in [0.2, 0.25) is 0 Å². The van der Waals surface area contributed by atoms with Crippen LogP contribution in [0.15, 0.2) is 54.0 Å². The lowest BCUT2D eigenvalue weighted by atomic mass is 10.2. The minimum atomic E-state index is -0.212. The Morgan fingerprint density at radius 3 is 2.76 bits per heavy atom. The van der Waals surface area contributed by atoms with E-state index in [4.69, 9.17) is 4.74 Å². The molecule has 1 unspecified atom stereocenters. The van der Waals surface area contributed by atoms with E-state index in [0.717, 1.165) is 16.5 Å². The number of pyridine rings is 1. The Balaban J connectivity index is 1.57. The van der Waals surface area contributed by atoms with Crippen molar-refractivity contribution >= 4 is 17.2 Å². The minimum absolute atomic E-state index is 0.178. The fourth-order valence-electron chi connectivity index (χ4n) is 2.24. The molecule has 2 aromatic heterocycles. The number of hydrogen-bond donors (Lipinski definition) is 1. The lowest BCUT2D eigenvalue weighted by Crippen LogP contribution is -2.27. The molecule has 0 saturated heterocycles. The third-order valence-corrected chi connectivity index (χ3v) is 4.47. The first-order chi connectivity index (χ1) is 12.1. The standard InChI is InChI=1S/C19H19N3O2S/c1-13-6-8-15(9-7-13)24-11-18-22-17(12-25-18)19(23)21-14(2)16-5-3-4-10-20-16/h3-10,12,14H,11H2,1-2H3,(H,21,23). The van der Waals surface area contributed by atoms with E-state index in [2.05, 4.69) is 15.3 Å². The van der Waals surface area contributed by atoms with Crippen molar-refractivity contribution in [3.63, 3.8) is 0 Å². The molecule has 0 aliphatic rings. The van der Waals surface area contributed by atoms with Gasteiger partial charge in [-0.1, -0.05) is 23.8 Å². The molecule has 0 bridgehead atoms. The van der Waals surface area contributed by atoms with Crippen molar-refractivity contribution in [1.29, 1.82) is 0 Å². The molecule has 25 heavy (non-hydrogen) atoms. The van der Waals surface area contributed by atoms with Crippen molar-refractivity contribution in [3.05, 3.63) is 76.0 Å². The Labute approximate surface area is 150 Å². The summed E-state index contributed by atoms with van der Waals surface area (Å²) in [4.78, 5) is 20.9. The average molecular weight is 353 g/mol. The number of benzene rings is 1. The van der Waals surface area contributed by atoms with Crippen molar-refractivity contribution < 1.29 is 9.53 Å². The maximum absolute atomic E-state index is 12.3.